The second-order valence-electron chi connectivity index (χ2n) is 5.08. The maximum Gasteiger partial charge on any atom is 0.0600 e. The van der Waals surface area contributed by atoms with E-state index in [-0.39, 0.29) is 0 Å². The lowest BCUT2D eigenvalue weighted by atomic mass is 10.1. The van der Waals surface area contributed by atoms with Crippen molar-refractivity contribution in [2.45, 2.75) is 59.7 Å². The third kappa shape index (κ3) is 3.98. The van der Waals surface area contributed by atoms with Gasteiger partial charge in [-0.25, -0.2) is 0 Å². The van der Waals surface area contributed by atoms with E-state index in [9.17, 15) is 0 Å². The first kappa shape index (κ1) is 15.0. The molecule has 0 saturated heterocycles. The third-order valence-electron chi connectivity index (χ3n) is 3.36. The monoisotopic (exact) mass is 249 g/mol. The number of nitrogens with zero attached hydrogens (tertiary/aromatic N) is 2. The predicted octanol–water partition coefficient (Wildman–Crippen LogP) is 3.20. The average Bonchev–Trinajstić information content (AvgIpc) is 2.38. The molecule has 1 aromatic heterocycles. The fourth-order valence-electron chi connectivity index (χ4n) is 2.08. The van der Waals surface area contributed by atoms with Gasteiger partial charge in [-0.15, -0.1) is 0 Å². The lowest BCUT2D eigenvalue weighted by molar-refractivity contribution is 0.581. The molecule has 1 unspecified atom stereocenters. The van der Waals surface area contributed by atoms with Crippen molar-refractivity contribution in [3.05, 3.63) is 24.0 Å². The molecule has 0 aliphatic carbocycles. The lowest BCUT2D eigenvalue weighted by Crippen LogP contribution is -2.34. The third-order valence-corrected chi connectivity index (χ3v) is 3.36. The Bertz CT molecular complexity index is 349. The topological polar surface area (TPSA) is 28.2 Å². The number of rotatable bonds is 7. The first-order valence-electron chi connectivity index (χ1n) is 7.03. The van der Waals surface area contributed by atoms with E-state index in [2.05, 4.69) is 55.9 Å². The zero-order chi connectivity index (χ0) is 13.5. The maximum atomic E-state index is 4.29. The van der Waals surface area contributed by atoms with Gasteiger partial charge in [0.25, 0.3) is 0 Å². The summed E-state index contributed by atoms with van der Waals surface area (Å²) in [6.45, 7) is 13.0. The van der Waals surface area contributed by atoms with Gasteiger partial charge < -0.3 is 10.2 Å². The van der Waals surface area contributed by atoms with Gasteiger partial charge in [-0.3, -0.25) is 4.98 Å². The summed E-state index contributed by atoms with van der Waals surface area (Å²) in [5.74, 6) is 0. The molecule has 0 spiro atoms. The highest BCUT2D eigenvalue weighted by molar-refractivity contribution is 5.52. The van der Waals surface area contributed by atoms with Crippen LogP contribution in [0.25, 0.3) is 0 Å². The standard InChI is InChI=1S/C15H27N3/c1-6-13(5)18(7-2)15-11-16-9-8-14(15)10-17-12(3)4/h8-9,11-13,17H,6-7,10H2,1-5H3. The molecule has 102 valence electrons. The van der Waals surface area contributed by atoms with E-state index in [4.69, 9.17) is 0 Å². The molecule has 3 heteroatoms. The van der Waals surface area contributed by atoms with Crippen molar-refractivity contribution in [1.82, 2.24) is 10.3 Å². The van der Waals surface area contributed by atoms with E-state index in [0.29, 0.717) is 12.1 Å². The van der Waals surface area contributed by atoms with Gasteiger partial charge in [0.05, 0.1) is 11.9 Å². The summed E-state index contributed by atoms with van der Waals surface area (Å²) in [5.41, 5.74) is 2.60. The van der Waals surface area contributed by atoms with E-state index < -0.39 is 0 Å². The van der Waals surface area contributed by atoms with Gasteiger partial charge in [0.15, 0.2) is 0 Å². The minimum Gasteiger partial charge on any atom is -0.368 e. The minimum atomic E-state index is 0.504. The highest BCUT2D eigenvalue weighted by atomic mass is 15.2. The van der Waals surface area contributed by atoms with Crippen LogP contribution in [0.5, 0.6) is 0 Å². The van der Waals surface area contributed by atoms with E-state index in [1.54, 1.807) is 0 Å². The van der Waals surface area contributed by atoms with E-state index in [1.807, 2.05) is 12.4 Å². The van der Waals surface area contributed by atoms with Crippen LogP contribution in [0.3, 0.4) is 0 Å². The van der Waals surface area contributed by atoms with Crippen LogP contribution in [0.1, 0.15) is 46.6 Å². The summed E-state index contributed by atoms with van der Waals surface area (Å²) in [6.07, 6.45) is 5.03. The fraction of sp³-hybridized carbons (Fsp3) is 0.667. The Balaban J connectivity index is 2.91. The van der Waals surface area contributed by atoms with E-state index in [0.717, 1.165) is 19.5 Å². The molecule has 3 nitrogen and oxygen atoms in total. The Kier molecular flexibility index (Phi) is 6.13. The zero-order valence-electron chi connectivity index (χ0n) is 12.4. The Hall–Kier alpha value is -1.09. The molecule has 0 aromatic carbocycles. The lowest BCUT2D eigenvalue weighted by Gasteiger charge is -2.31. The van der Waals surface area contributed by atoms with Crippen LogP contribution in [0.2, 0.25) is 0 Å². The van der Waals surface area contributed by atoms with Gasteiger partial charge in [0.2, 0.25) is 0 Å². The highest BCUT2D eigenvalue weighted by Gasteiger charge is 2.14. The zero-order valence-corrected chi connectivity index (χ0v) is 12.4. The van der Waals surface area contributed by atoms with Crippen molar-refractivity contribution in [2.75, 3.05) is 11.4 Å². The molecule has 0 amide bonds. The molecule has 0 saturated carbocycles. The summed E-state index contributed by atoms with van der Waals surface area (Å²) in [7, 11) is 0. The Labute approximate surface area is 112 Å². The number of pyridine rings is 1. The number of hydrogen-bond donors (Lipinski definition) is 1. The molecule has 0 aliphatic heterocycles. The molecule has 0 bridgehead atoms. The SMILES string of the molecule is CCC(C)N(CC)c1cnccc1CNC(C)C. The van der Waals surface area contributed by atoms with Crippen LogP contribution in [-0.4, -0.2) is 23.6 Å². The summed E-state index contributed by atoms with van der Waals surface area (Å²) in [6, 6.07) is 3.18. The van der Waals surface area contributed by atoms with Crippen molar-refractivity contribution in [3.8, 4) is 0 Å². The van der Waals surface area contributed by atoms with Crippen molar-refractivity contribution < 1.29 is 0 Å². The second-order valence-corrected chi connectivity index (χ2v) is 5.08. The van der Waals surface area contributed by atoms with Crippen LogP contribution < -0.4 is 10.2 Å². The number of nitrogens with one attached hydrogen (secondary N) is 1. The second kappa shape index (κ2) is 7.37. The van der Waals surface area contributed by atoms with Gasteiger partial charge in [-0.05, 0) is 31.9 Å². The smallest absolute Gasteiger partial charge is 0.0600 e. The summed E-state index contributed by atoms with van der Waals surface area (Å²) < 4.78 is 0. The molecule has 0 radical (unpaired) electrons. The van der Waals surface area contributed by atoms with Crippen molar-refractivity contribution in [1.29, 1.82) is 0 Å². The molecule has 1 rings (SSSR count). The van der Waals surface area contributed by atoms with Gasteiger partial charge in [0.1, 0.15) is 0 Å². The summed E-state index contributed by atoms with van der Waals surface area (Å²) >= 11 is 0. The number of anilines is 1. The molecule has 1 atom stereocenters. The van der Waals surface area contributed by atoms with E-state index in [1.165, 1.54) is 11.3 Å². The highest BCUT2D eigenvalue weighted by Crippen LogP contribution is 2.22. The molecular formula is C15H27N3. The molecule has 1 aromatic rings. The fourth-order valence-corrected chi connectivity index (χ4v) is 2.08. The summed E-state index contributed by atoms with van der Waals surface area (Å²) in [5, 5.41) is 3.48. The maximum absolute atomic E-state index is 4.29. The van der Waals surface area contributed by atoms with E-state index >= 15 is 0 Å². The van der Waals surface area contributed by atoms with Crippen LogP contribution in [0.4, 0.5) is 5.69 Å². The average molecular weight is 249 g/mol. The van der Waals surface area contributed by atoms with Gasteiger partial charge >= 0.3 is 0 Å². The number of hydrogen-bond acceptors (Lipinski definition) is 3. The molecular weight excluding hydrogens is 222 g/mol. The molecule has 18 heavy (non-hydrogen) atoms. The summed E-state index contributed by atoms with van der Waals surface area (Å²) in [4.78, 5) is 6.72. The number of aromatic nitrogens is 1. The van der Waals surface area contributed by atoms with Gasteiger partial charge in [-0.2, -0.15) is 0 Å². The molecule has 0 aliphatic rings. The van der Waals surface area contributed by atoms with Crippen molar-refractivity contribution in [2.24, 2.45) is 0 Å². The van der Waals surface area contributed by atoms with Gasteiger partial charge in [0, 0.05) is 31.4 Å². The van der Waals surface area contributed by atoms with Crippen molar-refractivity contribution in [3.63, 3.8) is 0 Å². The van der Waals surface area contributed by atoms with Crippen LogP contribution in [-0.2, 0) is 6.54 Å². The normalized spacial score (nSPS) is 12.8. The Morgan fingerprint density at radius 1 is 1.28 bits per heavy atom. The Morgan fingerprint density at radius 2 is 2.00 bits per heavy atom. The minimum absolute atomic E-state index is 0.504. The largest absolute Gasteiger partial charge is 0.368 e. The van der Waals surface area contributed by atoms with Crippen LogP contribution in [0, 0.1) is 0 Å². The van der Waals surface area contributed by atoms with Gasteiger partial charge in [-0.1, -0.05) is 20.8 Å². The molecule has 1 heterocycles. The first-order valence-corrected chi connectivity index (χ1v) is 7.03. The Morgan fingerprint density at radius 3 is 2.56 bits per heavy atom. The van der Waals surface area contributed by atoms with Crippen LogP contribution >= 0.6 is 0 Å². The van der Waals surface area contributed by atoms with Crippen LogP contribution in [0.15, 0.2) is 18.5 Å². The van der Waals surface area contributed by atoms with Crippen molar-refractivity contribution >= 4 is 5.69 Å². The first-order chi connectivity index (χ1) is 8.60. The quantitative estimate of drug-likeness (QED) is 0.804. The molecule has 0 fully saturated rings. The molecule has 1 N–H and O–H groups in total. The predicted molar refractivity (Wildman–Crippen MR) is 79.0 cm³/mol.